The first-order valence-corrected chi connectivity index (χ1v) is 10.5. The first-order chi connectivity index (χ1) is 14.5. The molecule has 1 saturated heterocycles. The lowest BCUT2D eigenvalue weighted by atomic mass is 9.64. The Bertz CT molecular complexity index is 975. The van der Waals surface area contributed by atoms with Crippen molar-refractivity contribution >= 4 is 35.1 Å². The van der Waals surface area contributed by atoms with Gasteiger partial charge in [-0.05, 0) is 55.7 Å². The molecule has 0 bridgehead atoms. The molecule has 166 valence electrons. The molecule has 3 atom stereocenters. The quantitative estimate of drug-likeness (QED) is 0.640. The maximum Gasteiger partial charge on any atom is 0.325 e. The molecular formula is C22H28N4O5. The van der Waals surface area contributed by atoms with Gasteiger partial charge in [-0.3, -0.25) is 19.3 Å². The van der Waals surface area contributed by atoms with Crippen LogP contribution >= 0.6 is 0 Å². The van der Waals surface area contributed by atoms with Crippen molar-refractivity contribution < 1.29 is 23.9 Å². The fraction of sp³-hybridized carbons (Fsp3) is 0.545. The van der Waals surface area contributed by atoms with Crippen molar-refractivity contribution in [3.8, 4) is 5.75 Å². The molecule has 31 heavy (non-hydrogen) atoms. The van der Waals surface area contributed by atoms with Crippen LogP contribution in [0.4, 0.5) is 16.2 Å². The van der Waals surface area contributed by atoms with Crippen molar-refractivity contribution in [3.05, 3.63) is 18.2 Å². The van der Waals surface area contributed by atoms with Crippen molar-refractivity contribution in [1.29, 1.82) is 0 Å². The first kappa shape index (κ1) is 21.1. The van der Waals surface area contributed by atoms with Crippen molar-refractivity contribution in [1.82, 2.24) is 10.2 Å². The number of ether oxygens (including phenoxy) is 1. The van der Waals surface area contributed by atoms with Gasteiger partial charge in [0.1, 0.15) is 17.8 Å². The maximum atomic E-state index is 13.2. The van der Waals surface area contributed by atoms with Crippen LogP contribution in [0.3, 0.4) is 0 Å². The lowest BCUT2D eigenvalue weighted by molar-refractivity contribution is -0.136. The third-order valence-corrected chi connectivity index (χ3v) is 6.12. The summed E-state index contributed by atoms with van der Waals surface area (Å²) in [5, 5.41) is 8.27. The molecule has 1 aromatic rings. The van der Waals surface area contributed by atoms with E-state index in [1.807, 2.05) is 0 Å². The van der Waals surface area contributed by atoms with Crippen LogP contribution in [0, 0.1) is 11.3 Å². The van der Waals surface area contributed by atoms with E-state index in [9.17, 15) is 19.2 Å². The van der Waals surface area contributed by atoms with Crippen LogP contribution in [-0.4, -0.2) is 46.8 Å². The molecular weight excluding hydrogens is 400 g/mol. The van der Waals surface area contributed by atoms with E-state index in [4.69, 9.17) is 4.74 Å². The fourth-order valence-electron chi connectivity index (χ4n) is 5.28. The topological polar surface area (TPSA) is 117 Å². The van der Waals surface area contributed by atoms with Gasteiger partial charge in [-0.1, -0.05) is 20.8 Å². The Morgan fingerprint density at radius 2 is 1.97 bits per heavy atom. The van der Waals surface area contributed by atoms with Crippen molar-refractivity contribution in [2.45, 2.75) is 58.6 Å². The number of benzene rings is 1. The Hall–Kier alpha value is -3.10. The number of amides is 5. The van der Waals surface area contributed by atoms with E-state index in [0.29, 0.717) is 30.0 Å². The largest absolute Gasteiger partial charge is 0.479 e. The number of hydrogen-bond donors (Lipinski definition) is 3. The summed E-state index contributed by atoms with van der Waals surface area (Å²) in [6, 6.07) is 4.33. The SMILES string of the molecule is C[C@@H]1CC(C)(C)C[C@]2(C1)NC(=O)N(CC(=O)Nc1ccc3c(c1)NC(=O)[C@@H](C)O3)C2=O. The van der Waals surface area contributed by atoms with Crippen molar-refractivity contribution in [3.63, 3.8) is 0 Å². The minimum Gasteiger partial charge on any atom is -0.479 e. The highest BCUT2D eigenvalue weighted by molar-refractivity contribution is 6.10. The summed E-state index contributed by atoms with van der Waals surface area (Å²) in [4.78, 5) is 51.1. The highest BCUT2D eigenvalue weighted by Gasteiger charge is 2.56. The van der Waals surface area contributed by atoms with E-state index in [0.717, 1.165) is 11.3 Å². The zero-order valence-corrected chi connectivity index (χ0v) is 18.2. The van der Waals surface area contributed by atoms with E-state index in [1.54, 1.807) is 25.1 Å². The number of carbonyl (C=O) groups excluding carboxylic acids is 4. The Morgan fingerprint density at radius 1 is 1.23 bits per heavy atom. The highest BCUT2D eigenvalue weighted by atomic mass is 16.5. The molecule has 1 aromatic carbocycles. The van der Waals surface area contributed by atoms with Crippen molar-refractivity contribution in [2.24, 2.45) is 11.3 Å². The third-order valence-electron chi connectivity index (χ3n) is 6.12. The highest BCUT2D eigenvalue weighted by Crippen LogP contribution is 2.46. The van der Waals surface area contributed by atoms with Crippen LogP contribution < -0.4 is 20.7 Å². The average molecular weight is 428 g/mol. The van der Waals surface area contributed by atoms with Gasteiger partial charge in [0.2, 0.25) is 5.91 Å². The van der Waals surface area contributed by atoms with E-state index in [2.05, 4.69) is 36.7 Å². The van der Waals surface area contributed by atoms with Gasteiger partial charge in [-0.15, -0.1) is 0 Å². The summed E-state index contributed by atoms with van der Waals surface area (Å²) in [6.07, 6.45) is 1.51. The molecule has 2 aliphatic heterocycles. The van der Waals surface area contributed by atoms with Crippen LogP contribution in [0.15, 0.2) is 18.2 Å². The monoisotopic (exact) mass is 428 g/mol. The fourth-order valence-corrected chi connectivity index (χ4v) is 5.28. The van der Waals surface area contributed by atoms with E-state index >= 15 is 0 Å². The van der Waals surface area contributed by atoms with E-state index in [1.165, 1.54) is 0 Å². The van der Waals surface area contributed by atoms with Crippen molar-refractivity contribution in [2.75, 3.05) is 17.2 Å². The van der Waals surface area contributed by atoms with Gasteiger partial charge in [0.15, 0.2) is 6.10 Å². The molecule has 1 saturated carbocycles. The third kappa shape index (κ3) is 3.96. The predicted molar refractivity (Wildman–Crippen MR) is 114 cm³/mol. The number of carbonyl (C=O) groups is 4. The number of urea groups is 1. The zero-order chi connectivity index (χ0) is 22.6. The van der Waals surface area contributed by atoms with Crippen LogP contribution in [-0.2, 0) is 14.4 Å². The number of fused-ring (bicyclic) bond motifs is 1. The summed E-state index contributed by atoms with van der Waals surface area (Å²) >= 11 is 0. The zero-order valence-electron chi connectivity index (χ0n) is 18.2. The van der Waals surface area contributed by atoms with Crippen LogP contribution in [0.25, 0.3) is 0 Å². The lowest BCUT2D eigenvalue weighted by Gasteiger charge is -2.43. The second kappa shape index (κ2) is 7.25. The molecule has 0 unspecified atom stereocenters. The van der Waals surface area contributed by atoms with Gasteiger partial charge in [-0.2, -0.15) is 0 Å². The average Bonchev–Trinajstić information content (AvgIpc) is 2.84. The van der Waals surface area contributed by atoms with Gasteiger partial charge in [0.25, 0.3) is 11.8 Å². The number of nitrogens with zero attached hydrogens (tertiary/aromatic N) is 1. The molecule has 2 fully saturated rings. The molecule has 5 amide bonds. The number of rotatable bonds is 3. The van der Waals surface area contributed by atoms with Gasteiger partial charge in [0, 0.05) is 5.69 Å². The molecule has 1 spiro atoms. The second-order valence-electron chi connectivity index (χ2n) is 9.77. The molecule has 1 aliphatic carbocycles. The minimum absolute atomic E-state index is 0.0774. The smallest absolute Gasteiger partial charge is 0.325 e. The standard InChI is InChI=1S/C22H28N4O5/c1-12-8-21(3,4)11-22(9-12)19(29)26(20(30)25-22)10-17(27)23-14-5-6-16-15(7-14)24-18(28)13(2)31-16/h5-7,12-13H,8-11H2,1-4H3,(H,23,27)(H,24,28)(H,25,30)/t12-,13-,22+/m1/s1. The maximum absolute atomic E-state index is 13.2. The van der Waals surface area contributed by atoms with E-state index < -0.39 is 23.6 Å². The second-order valence-corrected chi connectivity index (χ2v) is 9.77. The Morgan fingerprint density at radius 3 is 2.68 bits per heavy atom. The number of imide groups is 1. The molecule has 2 heterocycles. The molecule has 3 N–H and O–H groups in total. The molecule has 0 aromatic heterocycles. The lowest BCUT2D eigenvalue weighted by Crippen LogP contribution is -2.54. The minimum atomic E-state index is -0.942. The van der Waals surface area contributed by atoms with Crippen LogP contribution in [0.2, 0.25) is 0 Å². The summed E-state index contributed by atoms with van der Waals surface area (Å²) in [7, 11) is 0. The molecule has 0 radical (unpaired) electrons. The number of anilines is 2. The summed E-state index contributed by atoms with van der Waals surface area (Å²) in [5.41, 5.74) is -0.140. The first-order valence-electron chi connectivity index (χ1n) is 10.5. The molecule has 9 nitrogen and oxygen atoms in total. The van der Waals surface area contributed by atoms with Gasteiger partial charge in [0.05, 0.1) is 5.69 Å². The van der Waals surface area contributed by atoms with E-state index in [-0.39, 0.29) is 29.7 Å². The Labute approximate surface area is 180 Å². The van der Waals surface area contributed by atoms with Gasteiger partial charge in [-0.25, -0.2) is 4.79 Å². The summed E-state index contributed by atoms with van der Waals surface area (Å²) in [6.45, 7) is 7.54. The molecule has 3 aliphatic rings. The molecule has 9 heteroatoms. The Kier molecular flexibility index (Phi) is 4.94. The van der Waals surface area contributed by atoms with Crippen LogP contribution in [0.1, 0.15) is 47.0 Å². The van der Waals surface area contributed by atoms with Gasteiger partial charge < -0.3 is 20.7 Å². The number of nitrogens with one attached hydrogen (secondary N) is 3. The number of hydrogen-bond acceptors (Lipinski definition) is 5. The Balaban J connectivity index is 1.45. The normalized spacial score (nSPS) is 29.2. The van der Waals surface area contributed by atoms with Crippen LogP contribution in [0.5, 0.6) is 5.75 Å². The van der Waals surface area contributed by atoms with Gasteiger partial charge >= 0.3 is 6.03 Å². The summed E-state index contributed by atoms with van der Waals surface area (Å²) < 4.78 is 5.50. The molecule has 4 rings (SSSR count). The summed E-state index contributed by atoms with van der Waals surface area (Å²) in [5.74, 6) is -0.315. The predicted octanol–water partition coefficient (Wildman–Crippen LogP) is 2.48.